The maximum absolute atomic E-state index is 12.9. The van der Waals surface area contributed by atoms with Crippen molar-refractivity contribution in [1.29, 1.82) is 0 Å². The van der Waals surface area contributed by atoms with E-state index < -0.39 is 0 Å². The van der Waals surface area contributed by atoms with E-state index in [1.165, 1.54) is 24.3 Å². The molecule has 4 nitrogen and oxygen atoms in total. The maximum atomic E-state index is 12.9. The third-order valence-corrected chi connectivity index (χ3v) is 3.55. The SMILES string of the molecule is Cc1cc2c(cc1CNC(=O)c1ccc(F)cc1)OCCO2. The minimum atomic E-state index is -0.362. The molecule has 1 aliphatic heterocycles. The number of ether oxygens (including phenoxy) is 2. The number of fused-ring (bicyclic) bond motifs is 1. The second kappa shape index (κ2) is 6.05. The van der Waals surface area contributed by atoms with E-state index in [-0.39, 0.29) is 11.7 Å². The third-order valence-electron chi connectivity index (χ3n) is 3.55. The van der Waals surface area contributed by atoms with Gasteiger partial charge in [-0.2, -0.15) is 0 Å². The van der Waals surface area contributed by atoms with Gasteiger partial charge in [0, 0.05) is 12.1 Å². The first-order valence-electron chi connectivity index (χ1n) is 7.06. The van der Waals surface area contributed by atoms with Gasteiger partial charge in [-0.25, -0.2) is 4.39 Å². The monoisotopic (exact) mass is 301 g/mol. The molecular formula is C17H16FNO3. The molecule has 0 atom stereocenters. The number of benzene rings is 2. The van der Waals surface area contributed by atoms with Gasteiger partial charge in [-0.3, -0.25) is 4.79 Å². The van der Waals surface area contributed by atoms with E-state index in [9.17, 15) is 9.18 Å². The Morgan fingerprint density at radius 1 is 1.14 bits per heavy atom. The molecule has 1 aliphatic rings. The van der Waals surface area contributed by atoms with Gasteiger partial charge < -0.3 is 14.8 Å². The van der Waals surface area contributed by atoms with Gasteiger partial charge in [-0.15, -0.1) is 0 Å². The first kappa shape index (κ1) is 14.4. The average molecular weight is 301 g/mol. The van der Waals surface area contributed by atoms with Crippen LogP contribution in [0.2, 0.25) is 0 Å². The van der Waals surface area contributed by atoms with Gasteiger partial charge in [-0.05, 0) is 54.4 Å². The van der Waals surface area contributed by atoms with Crippen molar-refractivity contribution in [2.45, 2.75) is 13.5 Å². The summed E-state index contributed by atoms with van der Waals surface area (Å²) in [6, 6.07) is 9.25. The van der Waals surface area contributed by atoms with E-state index in [1.807, 2.05) is 19.1 Å². The highest BCUT2D eigenvalue weighted by Crippen LogP contribution is 2.32. The molecule has 0 fully saturated rings. The number of carbonyl (C=O) groups is 1. The van der Waals surface area contributed by atoms with Gasteiger partial charge in [0.15, 0.2) is 11.5 Å². The van der Waals surface area contributed by atoms with Crippen LogP contribution in [-0.2, 0) is 6.54 Å². The van der Waals surface area contributed by atoms with E-state index >= 15 is 0 Å². The van der Waals surface area contributed by atoms with Crippen molar-refractivity contribution in [3.63, 3.8) is 0 Å². The van der Waals surface area contributed by atoms with E-state index in [0.29, 0.717) is 31.1 Å². The molecule has 0 saturated carbocycles. The highest BCUT2D eigenvalue weighted by Gasteiger charge is 2.14. The number of hydrogen-bond acceptors (Lipinski definition) is 3. The molecule has 0 bridgehead atoms. The van der Waals surface area contributed by atoms with Crippen LogP contribution in [0.25, 0.3) is 0 Å². The summed E-state index contributed by atoms with van der Waals surface area (Å²) in [5.74, 6) is 0.828. The van der Waals surface area contributed by atoms with Crippen molar-refractivity contribution in [2.24, 2.45) is 0 Å². The summed E-state index contributed by atoms with van der Waals surface area (Å²) < 4.78 is 23.9. The molecule has 0 aromatic heterocycles. The first-order valence-corrected chi connectivity index (χ1v) is 7.06. The molecule has 114 valence electrons. The predicted octanol–water partition coefficient (Wildman–Crippen LogP) is 2.84. The van der Waals surface area contributed by atoms with Gasteiger partial charge in [0.05, 0.1) is 0 Å². The topological polar surface area (TPSA) is 47.6 Å². The molecule has 2 aromatic rings. The largest absolute Gasteiger partial charge is 0.486 e. The Hall–Kier alpha value is -2.56. The number of carbonyl (C=O) groups excluding carboxylic acids is 1. The van der Waals surface area contributed by atoms with Gasteiger partial charge in [0.2, 0.25) is 0 Å². The number of hydrogen-bond donors (Lipinski definition) is 1. The van der Waals surface area contributed by atoms with E-state index in [4.69, 9.17) is 9.47 Å². The normalized spacial score (nSPS) is 12.8. The Balaban J connectivity index is 1.71. The van der Waals surface area contributed by atoms with E-state index in [0.717, 1.165) is 16.9 Å². The van der Waals surface area contributed by atoms with Crippen molar-refractivity contribution in [1.82, 2.24) is 5.32 Å². The van der Waals surface area contributed by atoms with E-state index in [1.54, 1.807) is 0 Å². The standard InChI is InChI=1S/C17H16FNO3/c1-11-8-15-16(22-7-6-21-15)9-13(11)10-19-17(20)12-2-4-14(18)5-3-12/h2-5,8-9H,6-7,10H2,1H3,(H,19,20). The van der Waals surface area contributed by atoms with Crippen molar-refractivity contribution in [3.05, 3.63) is 58.9 Å². The molecule has 22 heavy (non-hydrogen) atoms. The Morgan fingerprint density at radius 2 is 1.77 bits per heavy atom. The first-order chi connectivity index (χ1) is 10.6. The van der Waals surface area contributed by atoms with Gasteiger partial charge in [0.25, 0.3) is 5.91 Å². The summed E-state index contributed by atoms with van der Waals surface area (Å²) in [5, 5.41) is 2.82. The summed E-state index contributed by atoms with van der Waals surface area (Å²) in [7, 11) is 0. The average Bonchev–Trinajstić information content (AvgIpc) is 2.53. The molecule has 5 heteroatoms. The quantitative estimate of drug-likeness (QED) is 0.948. The van der Waals surface area contributed by atoms with Crippen molar-refractivity contribution in [2.75, 3.05) is 13.2 Å². The van der Waals surface area contributed by atoms with Crippen LogP contribution in [0.4, 0.5) is 4.39 Å². The lowest BCUT2D eigenvalue weighted by atomic mass is 10.1. The zero-order valence-electron chi connectivity index (χ0n) is 12.2. The summed E-state index contributed by atoms with van der Waals surface area (Å²) >= 11 is 0. The molecule has 0 aliphatic carbocycles. The fourth-order valence-corrected chi connectivity index (χ4v) is 2.30. The Bertz CT molecular complexity index is 698. The van der Waals surface area contributed by atoms with Gasteiger partial charge >= 0.3 is 0 Å². The van der Waals surface area contributed by atoms with E-state index in [2.05, 4.69) is 5.32 Å². The predicted molar refractivity (Wildman–Crippen MR) is 79.7 cm³/mol. The fraction of sp³-hybridized carbons (Fsp3) is 0.235. The van der Waals surface area contributed by atoms with Crippen LogP contribution in [0.3, 0.4) is 0 Å². The minimum Gasteiger partial charge on any atom is -0.486 e. The summed E-state index contributed by atoms with van der Waals surface area (Å²) in [6.07, 6.45) is 0. The van der Waals surface area contributed by atoms with Crippen molar-refractivity contribution < 1.29 is 18.7 Å². The summed E-state index contributed by atoms with van der Waals surface area (Å²) in [6.45, 7) is 3.40. The van der Waals surface area contributed by atoms with Crippen LogP contribution in [0, 0.1) is 12.7 Å². The fourth-order valence-electron chi connectivity index (χ4n) is 2.30. The minimum absolute atomic E-state index is 0.241. The molecule has 1 heterocycles. The zero-order chi connectivity index (χ0) is 15.5. The number of nitrogens with one attached hydrogen (secondary N) is 1. The maximum Gasteiger partial charge on any atom is 0.251 e. The molecule has 3 rings (SSSR count). The molecule has 0 radical (unpaired) electrons. The third kappa shape index (κ3) is 3.03. The van der Waals surface area contributed by atoms with Crippen molar-refractivity contribution >= 4 is 5.91 Å². The number of aryl methyl sites for hydroxylation is 1. The molecule has 0 saturated heterocycles. The van der Waals surface area contributed by atoms with Crippen LogP contribution in [-0.4, -0.2) is 19.1 Å². The lowest BCUT2D eigenvalue weighted by molar-refractivity contribution is 0.0950. The molecular weight excluding hydrogens is 285 g/mol. The Kier molecular flexibility index (Phi) is 3.96. The second-order valence-corrected chi connectivity index (χ2v) is 5.11. The van der Waals surface area contributed by atoms with Gasteiger partial charge in [-0.1, -0.05) is 0 Å². The number of halogens is 1. The number of rotatable bonds is 3. The zero-order valence-corrected chi connectivity index (χ0v) is 12.2. The molecule has 1 N–H and O–H groups in total. The lowest BCUT2D eigenvalue weighted by Crippen LogP contribution is -2.23. The second-order valence-electron chi connectivity index (χ2n) is 5.11. The molecule has 0 unspecified atom stereocenters. The van der Waals surface area contributed by atoms with Gasteiger partial charge in [0.1, 0.15) is 19.0 Å². The van der Waals surface area contributed by atoms with Crippen molar-refractivity contribution in [3.8, 4) is 11.5 Å². The smallest absolute Gasteiger partial charge is 0.251 e. The van der Waals surface area contributed by atoms with Crippen LogP contribution < -0.4 is 14.8 Å². The highest BCUT2D eigenvalue weighted by molar-refractivity contribution is 5.94. The molecule has 0 spiro atoms. The number of amides is 1. The lowest BCUT2D eigenvalue weighted by Gasteiger charge is -2.20. The Labute approximate surface area is 127 Å². The molecule has 2 aromatic carbocycles. The molecule has 1 amide bonds. The van der Waals surface area contributed by atoms with Crippen LogP contribution in [0.1, 0.15) is 21.5 Å². The highest BCUT2D eigenvalue weighted by atomic mass is 19.1. The van der Waals surface area contributed by atoms with Crippen LogP contribution in [0.15, 0.2) is 36.4 Å². The Morgan fingerprint density at radius 3 is 2.45 bits per heavy atom. The van der Waals surface area contributed by atoms with Crippen LogP contribution in [0.5, 0.6) is 11.5 Å². The summed E-state index contributed by atoms with van der Waals surface area (Å²) in [4.78, 5) is 12.0. The van der Waals surface area contributed by atoms with Crippen LogP contribution >= 0.6 is 0 Å². The summed E-state index contributed by atoms with van der Waals surface area (Å²) in [5.41, 5.74) is 2.40.